The molecule has 1 fully saturated rings. The second-order valence-electron chi connectivity index (χ2n) is 5.95. The van der Waals surface area contributed by atoms with Gasteiger partial charge in [-0.2, -0.15) is 22.0 Å². The van der Waals surface area contributed by atoms with Gasteiger partial charge >= 0.3 is 18.1 Å². The van der Waals surface area contributed by atoms with Gasteiger partial charge in [0.05, 0.1) is 0 Å². The first kappa shape index (κ1) is 21.8. The molecule has 1 saturated carbocycles. The number of hydrogen-bond donors (Lipinski definition) is 0. The molecule has 1 rings (SSSR count). The molecule has 0 saturated heterocycles. The molecule has 1 aliphatic rings. The summed E-state index contributed by atoms with van der Waals surface area (Å²) in [6.45, 7) is -1.67. The molecule has 0 spiro atoms. The average molecular weight is 392 g/mol. The van der Waals surface area contributed by atoms with Crippen LogP contribution in [0.25, 0.3) is 0 Å². The fraction of sp³-hybridized carbons (Fsp3) is 0.923. The van der Waals surface area contributed by atoms with Crippen LogP contribution in [0.15, 0.2) is 0 Å². The molecule has 3 unspecified atom stereocenters. The van der Waals surface area contributed by atoms with E-state index in [1.165, 1.54) is 0 Å². The molecule has 2 nitrogen and oxygen atoms in total. The van der Waals surface area contributed by atoms with Gasteiger partial charge in [-0.15, -0.1) is 0 Å². The van der Waals surface area contributed by atoms with E-state index in [0.29, 0.717) is 0 Å². The fourth-order valence-electron chi connectivity index (χ4n) is 2.52. The van der Waals surface area contributed by atoms with Gasteiger partial charge in [-0.05, 0) is 19.8 Å². The van der Waals surface area contributed by atoms with Crippen molar-refractivity contribution in [3.8, 4) is 0 Å². The van der Waals surface area contributed by atoms with Crippen LogP contribution < -0.4 is 0 Å². The maximum absolute atomic E-state index is 14.1. The molecule has 0 radical (unpaired) electrons. The van der Waals surface area contributed by atoms with Crippen molar-refractivity contribution in [2.75, 3.05) is 6.61 Å². The smallest absolute Gasteiger partial charge is 0.456 e. The second kappa shape index (κ2) is 6.19. The molecular formula is C13H14F10O2. The van der Waals surface area contributed by atoms with Gasteiger partial charge in [-0.3, -0.25) is 4.79 Å². The minimum absolute atomic E-state index is 0.153. The van der Waals surface area contributed by atoms with Crippen molar-refractivity contribution in [2.45, 2.75) is 56.3 Å². The van der Waals surface area contributed by atoms with Crippen LogP contribution in [0.1, 0.15) is 26.7 Å². The Labute approximate surface area is 135 Å². The lowest BCUT2D eigenvalue weighted by Gasteiger charge is -2.48. The zero-order chi connectivity index (χ0) is 20.1. The highest BCUT2D eigenvalue weighted by molar-refractivity contribution is 5.74. The molecule has 0 N–H and O–H groups in total. The molecular weight excluding hydrogens is 378 g/mol. The minimum atomic E-state index is -6.12. The van der Waals surface area contributed by atoms with Crippen molar-refractivity contribution >= 4 is 5.97 Å². The maximum atomic E-state index is 14.1. The Bertz CT molecular complexity index is 511. The Morgan fingerprint density at radius 1 is 1.04 bits per heavy atom. The van der Waals surface area contributed by atoms with E-state index in [9.17, 15) is 48.7 Å². The first-order valence-electron chi connectivity index (χ1n) is 6.99. The highest BCUT2D eigenvalue weighted by atomic mass is 19.4. The summed E-state index contributed by atoms with van der Waals surface area (Å²) in [5.74, 6) is -22.4. The Kier molecular flexibility index (Phi) is 5.40. The molecule has 0 aromatic heterocycles. The van der Waals surface area contributed by atoms with E-state index in [0.717, 1.165) is 6.92 Å². The van der Waals surface area contributed by atoms with E-state index in [2.05, 4.69) is 4.74 Å². The quantitative estimate of drug-likeness (QED) is 0.509. The zero-order valence-electron chi connectivity index (χ0n) is 12.9. The third-order valence-electron chi connectivity index (χ3n) is 4.31. The Hall–Kier alpha value is -1.23. The fourth-order valence-corrected chi connectivity index (χ4v) is 2.52. The van der Waals surface area contributed by atoms with Gasteiger partial charge in [0.1, 0.15) is 5.92 Å². The lowest BCUT2D eigenvalue weighted by Crippen LogP contribution is -2.66. The van der Waals surface area contributed by atoms with Crippen molar-refractivity contribution in [2.24, 2.45) is 11.8 Å². The summed E-state index contributed by atoms with van der Waals surface area (Å²) in [4.78, 5) is 11.5. The zero-order valence-corrected chi connectivity index (χ0v) is 12.9. The monoisotopic (exact) mass is 392 g/mol. The summed E-state index contributed by atoms with van der Waals surface area (Å²) >= 11 is 0. The maximum Gasteiger partial charge on any atom is 0.456 e. The SMILES string of the molecule is CCC1CC(C(=O)OCC(F)(F)C(F)(F)F)C(F)(F)C(C)(F)C1(F)F. The van der Waals surface area contributed by atoms with Crippen LogP contribution in [-0.4, -0.2) is 42.2 Å². The number of rotatable bonds is 4. The lowest BCUT2D eigenvalue weighted by molar-refractivity contribution is -0.311. The van der Waals surface area contributed by atoms with Gasteiger partial charge < -0.3 is 4.74 Å². The molecule has 0 aliphatic heterocycles. The molecule has 148 valence electrons. The van der Waals surface area contributed by atoms with Crippen LogP contribution in [0.5, 0.6) is 0 Å². The minimum Gasteiger partial charge on any atom is -0.458 e. The molecule has 1 aliphatic carbocycles. The van der Waals surface area contributed by atoms with Gasteiger partial charge in [0.2, 0.25) is 5.67 Å². The third-order valence-corrected chi connectivity index (χ3v) is 4.31. The number of carbonyl (C=O) groups is 1. The van der Waals surface area contributed by atoms with Gasteiger partial charge in [0, 0.05) is 5.92 Å². The Balaban J connectivity index is 3.06. The standard InChI is InChI=1S/C13H14F10O2/c1-3-6-4-7(12(19,20)9(2,14)11(6,17)18)8(24)25-5-10(15,16)13(21,22)23/h6-7H,3-5H2,1-2H3. The van der Waals surface area contributed by atoms with Crippen LogP contribution >= 0.6 is 0 Å². The van der Waals surface area contributed by atoms with Gasteiger partial charge in [0.15, 0.2) is 6.61 Å². The summed E-state index contributed by atoms with van der Waals surface area (Å²) in [6.07, 6.45) is -7.98. The predicted octanol–water partition coefficient (Wildman–Crippen LogP) is 4.77. The van der Waals surface area contributed by atoms with E-state index in [1.54, 1.807) is 0 Å². The second-order valence-corrected chi connectivity index (χ2v) is 5.95. The summed E-state index contributed by atoms with van der Waals surface area (Å²) in [5, 5.41) is 0. The topological polar surface area (TPSA) is 26.3 Å². The van der Waals surface area contributed by atoms with E-state index in [1.807, 2.05) is 0 Å². The van der Waals surface area contributed by atoms with Crippen LogP contribution in [0.4, 0.5) is 43.9 Å². The highest BCUT2D eigenvalue weighted by Crippen LogP contribution is 2.58. The third kappa shape index (κ3) is 3.40. The number of carbonyl (C=O) groups excluding carboxylic acids is 1. The highest BCUT2D eigenvalue weighted by Gasteiger charge is 2.76. The largest absolute Gasteiger partial charge is 0.458 e. The normalized spacial score (nSPS) is 32.3. The number of alkyl halides is 10. The van der Waals surface area contributed by atoms with Crippen molar-refractivity contribution in [3.63, 3.8) is 0 Å². The Morgan fingerprint density at radius 3 is 1.92 bits per heavy atom. The van der Waals surface area contributed by atoms with Crippen molar-refractivity contribution in [1.29, 1.82) is 0 Å². The van der Waals surface area contributed by atoms with Gasteiger partial charge in [-0.25, -0.2) is 22.0 Å². The summed E-state index contributed by atoms with van der Waals surface area (Å²) in [6, 6.07) is 0. The van der Waals surface area contributed by atoms with Crippen molar-refractivity contribution in [3.05, 3.63) is 0 Å². The number of halogens is 10. The van der Waals surface area contributed by atoms with E-state index < -0.39 is 66.9 Å². The van der Waals surface area contributed by atoms with Gasteiger partial charge in [0.25, 0.3) is 11.8 Å². The Morgan fingerprint density at radius 2 is 1.52 bits per heavy atom. The average Bonchev–Trinajstić information content (AvgIpc) is 2.42. The van der Waals surface area contributed by atoms with Crippen LogP contribution in [-0.2, 0) is 9.53 Å². The van der Waals surface area contributed by atoms with E-state index in [4.69, 9.17) is 0 Å². The van der Waals surface area contributed by atoms with Crippen molar-refractivity contribution < 1.29 is 53.4 Å². The van der Waals surface area contributed by atoms with Crippen LogP contribution in [0.2, 0.25) is 0 Å². The number of esters is 1. The molecule has 0 heterocycles. The number of hydrogen-bond acceptors (Lipinski definition) is 2. The molecule has 3 atom stereocenters. The molecule has 25 heavy (non-hydrogen) atoms. The molecule has 0 aromatic carbocycles. The summed E-state index contributed by atoms with van der Waals surface area (Å²) < 4.78 is 135. The first-order chi connectivity index (χ1) is 10.9. The lowest BCUT2D eigenvalue weighted by atomic mass is 9.67. The summed E-state index contributed by atoms with van der Waals surface area (Å²) in [7, 11) is 0. The van der Waals surface area contributed by atoms with Crippen LogP contribution in [0, 0.1) is 11.8 Å². The van der Waals surface area contributed by atoms with E-state index in [-0.39, 0.29) is 6.92 Å². The molecule has 0 aromatic rings. The van der Waals surface area contributed by atoms with Gasteiger partial charge in [-0.1, -0.05) is 6.92 Å². The molecule has 0 bridgehead atoms. The van der Waals surface area contributed by atoms with E-state index >= 15 is 0 Å². The first-order valence-corrected chi connectivity index (χ1v) is 6.99. The predicted molar refractivity (Wildman–Crippen MR) is 63.3 cm³/mol. The van der Waals surface area contributed by atoms with Crippen LogP contribution in [0.3, 0.4) is 0 Å². The number of ether oxygens (including phenoxy) is 1. The molecule has 0 amide bonds. The summed E-state index contributed by atoms with van der Waals surface area (Å²) in [5.41, 5.74) is -4.52. The molecule has 12 heteroatoms. The van der Waals surface area contributed by atoms with Crippen molar-refractivity contribution in [1.82, 2.24) is 0 Å².